The normalized spacial score (nSPS) is 15.7. The smallest absolute Gasteiger partial charge is 0.335 e. The van der Waals surface area contributed by atoms with Crippen LogP contribution in [-0.2, 0) is 14.3 Å². The van der Waals surface area contributed by atoms with E-state index < -0.39 is 17.7 Å². The van der Waals surface area contributed by atoms with Gasteiger partial charge in [0, 0.05) is 13.2 Å². The van der Waals surface area contributed by atoms with Crippen molar-refractivity contribution in [3.63, 3.8) is 0 Å². The first kappa shape index (κ1) is 15.4. The van der Waals surface area contributed by atoms with E-state index in [9.17, 15) is 14.0 Å². The fourth-order valence-corrected chi connectivity index (χ4v) is 1.97. The molecule has 1 heterocycles. The summed E-state index contributed by atoms with van der Waals surface area (Å²) in [6.07, 6.45) is 1.44. The molecule has 0 bridgehead atoms. The number of hydrogen-bond donors (Lipinski definition) is 2. The molecule has 6 nitrogen and oxygen atoms in total. The zero-order valence-corrected chi connectivity index (χ0v) is 11.3. The van der Waals surface area contributed by atoms with Gasteiger partial charge in [0.1, 0.15) is 12.4 Å². The van der Waals surface area contributed by atoms with Gasteiger partial charge in [-0.1, -0.05) is 0 Å². The Kier molecular flexibility index (Phi) is 5.24. The van der Waals surface area contributed by atoms with Crippen LogP contribution in [0.15, 0.2) is 18.2 Å². The minimum absolute atomic E-state index is 0.0243. The quantitative estimate of drug-likeness (QED) is 0.863. The van der Waals surface area contributed by atoms with Gasteiger partial charge in [-0.3, -0.25) is 4.79 Å². The number of carboxylic acids is 1. The summed E-state index contributed by atoms with van der Waals surface area (Å²) in [4.78, 5) is 22.4. The number of hydrogen-bond acceptors (Lipinski definition) is 4. The van der Waals surface area contributed by atoms with Gasteiger partial charge in [0.15, 0.2) is 0 Å². The Bertz CT molecular complexity index is 528. The Morgan fingerprint density at radius 3 is 2.71 bits per heavy atom. The van der Waals surface area contributed by atoms with Gasteiger partial charge in [-0.05, 0) is 31.0 Å². The predicted molar refractivity (Wildman–Crippen MR) is 71.8 cm³/mol. The highest BCUT2D eigenvalue weighted by Gasteiger charge is 2.16. The lowest BCUT2D eigenvalue weighted by Crippen LogP contribution is -2.28. The van der Waals surface area contributed by atoms with E-state index in [1.807, 2.05) is 0 Å². The molecule has 2 rings (SSSR count). The molecule has 0 spiro atoms. The summed E-state index contributed by atoms with van der Waals surface area (Å²) >= 11 is 0. The molecule has 1 aliphatic rings. The van der Waals surface area contributed by atoms with Crippen LogP contribution in [-0.4, -0.2) is 42.9 Å². The van der Waals surface area contributed by atoms with E-state index in [-0.39, 0.29) is 24.0 Å². The number of anilines is 1. The maximum atomic E-state index is 13.6. The van der Waals surface area contributed by atoms with Crippen LogP contribution in [0.5, 0.6) is 0 Å². The van der Waals surface area contributed by atoms with E-state index in [2.05, 4.69) is 5.32 Å². The van der Waals surface area contributed by atoms with E-state index in [1.165, 1.54) is 12.1 Å². The Labute approximate surface area is 120 Å². The molecule has 0 aliphatic carbocycles. The number of halogens is 1. The molecule has 21 heavy (non-hydrogen) atoms. The fraction of sp³-hybridized carbons (Fsp3) is 0.429. The zero-order chi connectivity index (χ0) is 15.2. The van der Waals surface area contributed by atoms with E-state index in [1.54, 1.807) is 0 Å². The Balaban J connectivity index is 1.85. The van der Waals surface area contributed by atoms with Crippen molar-refractivity contribution >= 4 is 17.6 Å². The van der Waals surface area contributed by atoms with Gasteiger partial charge in [0.05, 0.1) is 17.4 Å². The van der Waals surface area contributed by atoms with Gasteiger partial charge in [0.2, 0.25) is 5.91 Å². The Morgan fingerprint density at radius 1 is 1.38 bits per heavy atom. The lowest BCUT2D eigenvalue weighted by molar-refractivity contribution is -0.124. The summed E-state index contributed by atoms with van der Waals surface area (Å²) in [5, 5.41) is 11.1. The average molecular weight is 297 g/mol. The Hall–Kier alpha value is -1.99. The highest BCUT2D eigenvalue weighted by molar-refractivity contribution is 5.93. The highest BCUT2D eigenvalue weighted by atomic mass is 19.1. The van der Waals surface area contributed by atoms with Crippen molar-refractivity contribution in [3.05, 3.63) is 29.6 Å². The molecule has 7 heteroatoms. The van der Waals surface area contributed by atoms with Gasteiger partial charge in [0.25, 0.3) is 0 Å². The number of carbonyl (C=O) groups is 2. The molecule has 0 unspecified atom stereocenters. The summed E-state index contributed by atoms with van der Waals surface area (Å²) in [5.74, 6) is -2.51. The second-order valence-corrected chi connectivity index (χ2v) is 4.67. The average Bonchev–Trinajstić information content (AvgIpc) is 2.48. The molecule has 1 fully saturated rings. The minimum Gasteiger partial charge on any atom is -0.478 e. The fourth-order valence-electron chi connectivity index (χ4n) is 1.97. The minimum atomic E-state index is -1.23. The van der Waals surface area contributed by atoms with Crippen molar-refractivity contribution < 1.29 is 28.6 Å². The lowest BCUT2D eigenvalue weighted by Gasteiger charge is -2.22. The Morgan fingerprint density at radius 2 is 2.10 bits per heavy atom. The van der Waals surface area contributed by atoms with E-state index in [0.717, 1.165) is 18.9 Å². The number of carboxylic acid groups (broad SMARTS) is 1. The SMILES string of the molecule is O=C(COC1CCOCC1)Nc1ccc(C(=O)O)cc1F. The van der Waals surface area contributed by atoms with Crippen LogP contribution in [0.25, 0.3) is 0 Å². The number of rotatable bonds is 5. The molecule has 2 N–H and O–H groups in total. The zero-order valence-electron chi connectivity index (χ0n) is 11.3. The van der Waals surface area contributed by atoms with Gasteiger partial charge in [-0.25, -0.2) is 9.18 Å². The van der Waals surface area contributed by atoms with Crippen molar-refractivity contribution in [2.75, 3.05) is 25.1 Å². The van der Waals surface area contributed by atoms with Crippen LogP contribution in [0.3, 0.4) is 0 Å². The topological polar surface area (TPSA) is 84.9 Å². The maximum absolute atomic E-state index is 13.6. The molecule has 0 aromatic heterocycles. The third kappa shape index (κ3) is 4.51. The van der Waals surface area contributed by atoms with Crippen LogP contribution in [0.4, 0.5) is 10.1 Å². The van der Waals surface area contributed by atoms with Crippen LogP contribution < -0.4 is 5.32 Å². The van der Waals surface area contributed by atoms with Crippen LogP contribution in [0.1, 0.15) is 23.2 Å². The largest absolute Gasteiger partial charge is 0.478 e. The molecule has 0 saturated carbocycles. The van der Waals surface area contributed by atoms with Gasteiger partial charge >= 0.3 is 5.97 Å². The lowest BCUT2D eigenvalue weighted by atomic mass is 10.1. The van der Waals surface area contributed by atoms with Crippen LogP contribution in [0.2, 0.25) is 0 Å². The molecule has 1 aliphatic heterocycles. The molecule has 1 saturated heterocycles. The third-order valence-electron chi connectivity index (χ3n) is 3.11. The monoisotopic (exact) mass is 297 g/mol. The first-order valence-electron chi connectivity index (χ1n) is 6.58. The summed E-state index contributed by atoms with van der Waals surface area (Å²) in [6.45, 7) is 1.04. The third-order valence-corrected chi connectivity index (χ3v) is 3.11. The second-order valence-electron chi connectivity index (χ2n) is 4.67. The number of benzene rings is 1. The summed E-state index contributed by atoms with van der Waals surface area (Å²) in [5.41, 5.74) is -0.246. The van der Waals surface area contributed by atoms with E-state index in [4.69, 9.17) is 14.6 Å². The molecule has 114 valence electrons. The summed E-state index contributed by atoms with van der Waals surface area (Å²) in [7, 11) is 0. The molecular weight excluding hydrogens is 281 g/mol. The first-order valence-corrected chi connectivity index (χ1v) is 6.58. The maximum Gasteiger partial charge on any atom is 0.335 e. The molecule has 0 atom stereocenters. The van der Waals surface area contributed by atoms with Crippen LogP contribution >= 0.6 is 0 Å². The summed E-state index contributed by atoms with van der Waals surface area (Å²) in [6, 6.07) is 3.29. The van der Waals surface area contributed by atoms with Gasteiger partial charge < -0.3 is 19.9 Å². The molecule has 1 aromatic carbocycles. The molecule has 1 amide bonds. The number of aromatic carboxylic acids is 1. The van der Waals surface area contributed by atoms with Crippen molar-refractivity contribution in [1.29, 1.82) is 0 Å². The predicted octanol–water partition coefficient (Wildman–Crippen LogP) is 1.66. The molecule has 0 radical (unpaired) electrons. The molecule has 1 aromatic rings. The van der Waals surface area contributed by atoms with Crippen molar-refractivity contribution in [2.45, 2.75) is 18.9 Å². The molecular formula is C14H16FNO5. The van der Waals surface area contributed by atoms with Gasteiger partial charge in [-0.2, -0.15) is 0 Å². The van der Waals surface area contributed by atoms with Crippen LogP contribution in [0, 0.1) is 5.82 Å². The number of amides is 1. The van der Waals surface area contributed by atoms with Crippen molar-refractivity contribution in [2.24, 2.45) is 0 Å². The van der Waals surface area contributed by atoms with Gasteiger partial charge in [-0.15, -0.1) is 0 Å². The first-order chi connectivity index (χ1) is 10.1. The standard InChI is InChI=1S/C14H16FNO5/c15-11-7-9(14(18)19)1-2-12(11)16-13(17)8-21-10-3-5-20-6-4-10/h1-2,7,10H,3-6,8H2,(H,16,17)(H,18,19). The van der Waals surface area contributed by atoms with Crippen molar-refractivity contribution in [3.8, 4) is 0 Å². The van der Waals surface area contributed by atoms with Crippen molar-refractivity contribution in [1.82, 2.24) is 0 Å². The highest BCUT2D eigenvalue weighted by Crippen LogP contribution is 2.16. The number of carbonyl (C=O) groups excluding carboxylic acids is 1. The second kappa shape index (κ2) is 7.14. The number of ether oxygens (including phenoxy) is 2. The van der Waals surface area contributed by atoms with E-state index >= 15 is 0 Å². The summed E-state index contributed by atoms with van der Waals surface area (Å²) < 4.78 is 24.2. The van der Waals surface area contributed by atoms with E-state index in [0.29, 0.717) is 13.2 Å². The number of nitrogens with one attached hydrogen (secondary N) is 1.